The third-order valence-corrected chi connectivity index (χ3v) is 5.41. The Bertz CT molecular complexity index is 630. The highest BCUT2D eigenvalue weighted by molar-refractivity contribution is 5.86. The highest BCUT2D eigenvalue weighted by Crippen LogP contribution is 2.44. The van der Waals surface area contributed by atoms with Crippen LogP contribution in [0.3, 0.4) is 0 Å². The monoisotopic (exact) mass is 331 g/mol. The minimum absolute atomic E-state index is 0.0599. The molecule has 2 bridgehead atoms. The number of rotatable bonds is 3. The largest absolute Gasteiger partial charge is 0.481 e. The summed E-state index contributed by atoms with van der Waals surface area (Å²) < 4.78 is 5.71. The quantitative estimate of drug-likeness (QED) is 0.874. The van der Waals surface area contributed by atoms with Crippen molar-refractivity contribution in [2.24, 2.45) is 11.8 Å². The Hall–Kier alpha value is -2.15. The van der Waals surface area contributed by atoms with Crippen LogP contribution >= 0.6 is 0 Å². The summed E-state index contributed by atoms with van der Waals surface area (Å²) in [5.41, 5.74) is 0. The summed E-state index contributed by atoms with van der Waals surface area (Å²) in [7, 11) is 0. The zero-order chi connectivity index (χ0) is 16.7. The Labute approximate surface area is 140 Å². The van der Waals surface area contributed by atoms with Gasteiger partial charge in [0, 0.05) is 32.4 Å². The van der Waals surface area contributed by atoms with Crippen molar-refractivity contribution in [3.05, 3.63) is 24.4 Å². The standard InChI is InChI=1S/C17H21N3O4/c21-16(14-11-4-5-12(24-11)15(14)17(22)23)20-9-7-19(8-10-20)13-3-1-2-6-18-13/h1-3,6,11-12,14-15H,4-5,7-10H2,(H,22,23)/t11-,12+,14-,15+/m1/s1. The lowest BCUT2D eigenvalue weighted by atomic mass is 9.78. The predicted octanol–water partition coefficient (Wildman–Crippen LogP) is 0.608. The molecule has 0 unspecified atom stereocenters. The fraction of sp³-hybridized carbons (Fsp3) is 0.588. The Kier molecular flexibility index (Phi) is 3.88. The molecule has 1 amide bonds. The number of pyridine rings is 1. The summed E-state index contributed by atoms with van der Waals surface area (Å²) in [5, 5.41) is 9.48. The van der Waals surface area contributed by atoms with Crippen molar-refractivity contribution >= 4 is 17.7 Å². The Balaban J connectivity index is 1.42. The van der Waals surface area contributed by atoms with Gasteiger partial charge in [0.1, 0.15) is 5.82 Å². The second-order valence-corrected chi connectivity index (χ2v) is 6.68. The maximum absolute atomic E-state index is 12.9. The number of aliphatic carboxylic acids is 1. The van der Waals surface area contributed by atoms with Crippen molar-refractivity contribution in [1.29, 1.82) is 0 Å². The summed E-state index contributed by atoms with van der Waals surface area (Å²) in [6.07, 6.45) is 2.78. The lowest BCUT2D eigenvalue weighted by Gasteiger charge is -2.38. The van der Waals surface area contributed by atoms with E-state index in [1.54, 1.807) is 11.1 Å². The number of carboxylic acid groups (broad SMARTS) is 1. The first-order valence-electron chi connectivity index (χ1n) is 8.48. The average Bonchev–Trinajstić information content (AvgIpc) is 3.23. The van der Waals surface area contributed by atoms with Crippen LogP contribution in [-0.2, 0) is 14.3 Å². The van der Waals surface area contributed by atoms with Gasteiger partial charge in [0.2, 0.25) is 5.91 Å². The molecule has 3 aliphatic heterocycles. The molecule has 7 nitrogen and oxygen atoms in total. The number of anilines is 1. The van der Waals surface area contributed by atoms with E-state index in [0.717, 1.165) is 18.7 Å². The molecule has 0 spiro atoms. The highest BCUT2D eigenvalue weighted by Gasteiger charge is 2.56. The number of amides is 1. The number of piperazine rings is 1. The highest BCUT2D eigenvalue weighted by atomic mass is 16.5. The van der Waals surface area contributed by atoms with Crippen LogP contribution in [0.5, 0.6) is 0 Å². The van der Waals surface area contributed by atoms with Gasteiger partial charge in [-0.15, -0.1) is 0 Å². The second kappa shape index (κ2) is 6.05. The molecule has 7 heteroatoms. The van der Waals surface area contributed by atoms with Crippen LogP contribution in [0, 0.1) is 11.8 Å². The van der Waals surface area contributed by atoms with Crippen molar-refractivity contribution in [2.45, 2.75) is 25.0 Å². The topological polar surface area (TPSA) is 83.0 Å². The molecule has 3 saturated heterocycles. The van der Waals surface area contributed by atoms with Gasteiger partial charge in [-0.3, -0.25) is 9.59 Å². The van der Waals surface area contributed by atoms with Crippen molar-refractivity contribution in [2.75, 3.05) is 31.1 Å². The van der Waals surface area contributed by atoms with E-state index >= 15 is 0 Å². The molecule has 128 valence electrons. The normalized spacial score (nSPS) is 32.2. The number of ether oxygens (including phenoxy) is 1. The van der Waals surface area contributed by atoms with E-state index < -0.39 is 17.8 Å². The second-order valence-electron chi connectivity index (χ2n) is 6.68. The number of carbonyl (C=O) groups excluding carboxylic acids is 1. The molecule has 3 fully saturated rings. The van der Waals surface area contributed by atoms with E-state index in [-0.39, 0.29) is 18.1 Å². The van der Waals surface area contributed by atoms with E-state index in [2.05, 4.69) is 9.88 Å². The van der Waals surface area contributed by atoms with E-state index in [9.17, 15) is 14.7 Å². The molecular formula is C17H21N3O4. The zero-order valence-corrected chi connectivity index (χ0v) is 13.4. The maximum atomic E-state index is 12.9. The number of aromatic nitrogens is 1. The minimum Gasteiger partial charge on any atom is -0.481 e. The molecule has 3 aliphatic rings. The Morgan fingerprint density at radius 1 is 1.08 bits per heavy atom. The van der Waals surface area contributed by atoms with Gasteiger partial charge in [-0.2, -0.15) is 0 Å². The molecule has 0 aliphatic carbocycles. The first kappa shape index (κ1) is 15.4. The SMILES string of the molecule is O=C(O)[C@@H]1[C@H](C(=O)N2CCN(c3ccccn3)CC2)[C@H]2CC[C@@H]1O2. The van der Waals surface area contributed by atoms with E-state index in [4.69, 9.17) is 4.74 Å². The summed E-state index contributed by atoms with van der Waals surface area (Å²) >= 11 is 0. The molecular weight excluding hydrogens is 310 g/mol. The van der Waals surface area contributed by atoms with Crippen LogP contribution in [-0.4, -0.2) is 65.3 Å². The molecule has 4 heterocycles. The number of carbonyl (C=O) groups is 2. The molecule has 0 saturated carbocycles. The third kappa shape index (κ3) is 2.53. The van der Waals surface area contributed by atoms with Gasteiger partial charge in [0.05, 0.1) is 24.0 Å². The number of nitrogens with zero attached hydrogens (tertiary/aromatic N) is 3. The van der Waals surface area contributed by atoms with Crippen LogP contribution in [0.15, 0.2) is 24.4 Å². The summed E-state index contributed by atoms with van der Waals surface area (Å²) in [6, 6.07) is 5.79. The molecule has 1 aromatic rings. The fourth-order valence-electron chi connectivity index (χ4n) is 4.21. The number of hydrogen-bond donors (Lipinski definition) is 1. The van der Waals surface area contributed by atoms with Crippen LogP contribution in [0.1, 0.15) is 12.8 Å². The number of carboxylic acids is 1. The van der Waals surface area contributed by atoms with Crippen molar-refractivity contribution in [1.82, 2.24) is 9.88 Å². The molecule has 0 aromatic carbocycles. The third-order valence-electron chi connectivity index (χ3n) is 5.41. The van der Waals surface area contributed by atoms with Gasteiger partial charge in [-0.05, 0) is 25.0 Å². The molecule has 1 aromatic heterocycles. The lowest BCUT2D eigenvalue weighted by Crippen LogP contribution is -2.53. The van der Waals surface area contributed by atoms with Crippen LogP contribution in [0.2, 0.25) is 0 Å². The first-order valence-corrected chi connectivity index (χ1v) is 8.48. The number of hydrogen-bond acceptors (Lipinski definition) is 5. The maximum Gasteiger partial charge on any atom is 0.310 e. The Morgan fingerprint density at radius 2 is 1.79 bits per heavy atom. The van der Waals surface area contributed by atoms with Crippen molar-refractivity contribution in [3.8, 4) is 0 Å². The molecule has 0 radical (unpaired) electrons. The van der Waals surface area contributed by atoms with E-state index in [1.165, 1.54) is 0 Å². The van der Waals surface area contributed by atoms with Gasteiger partial charge in [-0.1, -0.05) is 6.07 Å². The first-order chi connectivity index (χ1) is 11.6. The van der Waals surface area contributed by atoms with E-state index in [1.807, 2.05) is 18.2 Å². The summed E-state index contributed by atoms with van der Waals surface area (Å²) in [5.74, 6) is -1.27. The van der Waals surface area contributed by atoms with Gasteiger partial charge < -0.3 is 19.6 Å². The van der Waals surface area contributed by atoms with Crippen molar-refractivity contribution < 1.29 is 19.4 Å². The Morgan fingerprint density at radius 3 is 2.42 bits per heavy atom. The predicted molar refractivity (Wildman–Crippen MR) is 85.5 cm³/mol. The fourth-order valence-corrected chi connectivity index (χ4v) is 4.21. The molecule has 4 rings (SSSR count). The van der Waals surface area contributed by atoms with Gasteiger partial charge in [0.15, 0.2) is 0 Å². The van der Waals surface area contributed by atoms with Gasteiger partial charge in [0.25, 0.3) is 0 Å². The molecule has 24 heavy (non-hydrogen) atoms. The zero-order valence-electron chi connectivity index (χ0n) is 13.4. The summed E-state index contributed by atoms with van der Waals surface area (Å²) in [6.45, 7) is 2.61. The minimum atomic E-state index is -0.910. The van der Waals surface area contributed by atoms with Crippen molar-refractivity contribution in [3.63, 3.8) is 0 Å². The molecule has 1 N–H and O–H groups in total. The van der Waals surface area contributed by atoms with E-state index in [0.29, 0.717) is 26.2 Å². The van der Waals surface area contributed by atoms with Crippen LogP contribution < -0.4 is 4.90 Å². The average molecular weight is 331 g/mol. The number of fused-ring (bicyclic) bond motifs is 2. The van der Waals surface area contributed by atoms with Gasteiger partial charge >= 0.3 is 5.97 Å². The van der Waals surface area contributed by atoms with Gasteiger partial charge in [-0.25, -0.2) is 4.98 Å². The lowest BCUT2D eigenvalue weighted by molar-refractivity contribution is -0.151. The smallest absolute Gasteiger partial charge is 0.310 e. The molecule has 4 atom stereocenters. The summed E-state index contributed by atoms with van der Waals surface area (Å²) in [4.78, 5) is 32.7. The van der Waals surface area contributed by atoms with Crippen LogP contribution in [0.4, 0.5) is 5.82 Å². The van der Waals surface area contributed by atoms with Crippen LogP contribution in [0.25, 0.3) is 0 Å².